The number of nitrogens with zero attached hydrogens (tertiary/aromatic N) is 1. The first-order valence-electron chi connectivity index (χ1n) is 12.6. The Bertz CT molecular complexity index is 1260. The number of carboxylic acids is 1. The van der Waals surface area contributed by atoms with Crippen LogP contribution in [-0.2, 0) is 17.8 Å². The summed E-state index contributed by atoms with van der Waals surface area (Å²) < 4.78 is 27.6. The molecular weight excluding hydrogens is 485 g/mol. The molecule has 0 aliphatic heterocycles. The van der Waals surface area contributed by atoms with Crippen molar-refractivity contribution in [2.24, 2.45) is 0 Å². The van der Waals surface area contributed by atoms with Crippen LogP contribution >= 0.6 is 0 Å². The minimum absolute atomic E-state index is 0.0214. The van der Waals surface area contributed by atoms with Gasteiger partial charge in [0.15, 0.2) is 0 Å². The standard InChI is InChI=1S/C31H34FNO5/c1-5-17-33(18-6-2)26(30(34)35)19-25-21(3)29(37-20-23-13-9-7-10-14-23)27(22(4)28(25)32)31(36)38-24-15-11-8-12-16-24/h5,7-16,26H,1,6,17-20H2,2-4H3,(H,34,35). The molecule has 0 saturated heterocycles. The lowest BCUT2D eigenvalue weighted by Crippen LogP contribution is -2.43. The molecule has 0 heterocycles. The molecule has 6 nitrogen and oxygen atoms in total. The van der Waals surface area contributed by atoms with Crippen LogP contribution in [0.1, 0.15) is 46.0 Å². The number of esters is 1. The van der Waals surface area contributed by atoms with E-state index in [4.69, 9.17) is 9.47 Å². The lowest BCUT2D eigenvalue weighted by molar-refractivity contribution is -0.143. The van der Waals surface area contributed by atoms with Crippen LogP contribution in [0.4, 0.5) is 4.39 Å². The first kappa shape index (κ1) is 28.6. The fourth-order valence-corrected chi connectivity index (χ4v) is 4.43. The highest BCUT2D eigenvalue weighted by atomic mass is 19.1. The number of carbonyl (C=O) groups excluding carboxylic acids is 1. The average molecular weight is 520 g/mol. The van der Waals surface area contributed by atoms with Crippen LogP contribution in [0.15, 0.2) is 73.3 Å². The molecule has 1 unspecified atom stereocenters. The number of para-hydroxylation sites is 1. The highest BCUT2D eigenvalue weighted by Gasteiger charge is 2.31. The Balaban J connectivity index is 2.09. The van der Waals surface area contributed by atoms with Gasteiger partial charge in [0.2, 0.25) is 0 Å². The van der Waals surface area contributed by atoms with Gasteiger partial charge in [-0.1, -0.05) is 61.5 Å². The summed E-state index contributed by atoms with van der Waals surface area (Å²) in [7, 11) is 0. The molecule has 0 spiro atoms. The molecule has 3 aromatic rings. The summed E-state index contributed by atoms with van der Waals surface area (Å²) in [4.78, 5) is 27.3. The summed E-state index contributed by atoms with van der Waals surface area (Å²) in [6.07, 6.45) is 2.27. The summed E-state index contributed by atoms with van der Waals surface area (Å²) in [6.45, 7) is 9.82. The second kappa shape index (κ2) is 13.5. The summed E-state index contributed by atoms with van der Waals surface area (Å²) in [5, 5.41) is 10.0. The molecule has 0 radical (unpaired) electrons. The van der Waals surface area contributed by atoms with Crippen molar-refractivity contribution in [2.75, 3.05) is 13.1 Å². The van der Waals surface area contributed by atoms with Gasteiger partial charge in [-0.25, -0.2) is 9.18 Å². The maximum absolute atomic E-state index is 15.9. The van der Waals surface area contributed by atoms with Gasteiger partial charge in [-0.05, 0) is 55.6 Å². The normalized spacial score (nSPS) is 11.7. The smallest absolute Gasteiger partial charge is 0.347 e. The maximum atomic E-state index is 15.9. The zero-order valence-corrected chi connectivity index (χ0v) is 22.1. The molecule has 0 amide bonds. The lowest BCUT2D eigenvalue weighted by Gasteiger charge is -2.29. The molecule has 3 rings (SSSR count). The summed E-state index contributed by atoms with van der Waals surface area (Å²) in [5.74, 6) is -1.96. The van der Waals surface area contributed by atoms with E-state index in [0.717, 1.165) is 12.0 Å². The van der Waals surface area contributed by atoms with Crippen molar-refractivity contribution < 1.29 is 28.6 Å². The Hall–Kier alpha value is -3.97. The monoisotopic (exact) mass is 519 g/mol. The number of halogens is 1. The number of aliphatic carboxylic acids is 1. The largest absolute Gasteiger partial charge is 0.488 e. The Labute approximate surface area is 223 Å². The molecule has 38 heavy (non-hydrogen) atoms. The Kier molecular flexibility index (Phi) is 10.2. The highest BCUT2D eigenvalue weighted by Crippen LogP contribution is 2.35. The van der Waals surface area contributed by atoms with Gasteiger partial charge in [0.1, 0.15) is 35.5 Å². The number of benzene rings is 3. The molecule has 0 saturated carbocycles. The first-order chi connectivity index (χ1) is 18.3. The molecule has 1 N–H and O–H groups in total. The topological polar surface area (TPSA) is 76.1 Å². The van der Waals surface area contributed by atoms with Crippen LogP contribution in [0, 0.1) is 19.7 Å². The summed E-state index contributed by atoms with van der Waals surface area (Å²) in [6, 6.07) is 16.9. The van der Waals surface area contributed by atoms with E-state index >= 15 is 4.39 Å². The molecule has 3 aromatic carbocycles. The lowest BCUT2D eigenvalue weighted by atomic mass is 9.92. The van der Waals surface area contributed by atoms with Crippen LogP contribution < -0.4 is 9.47 Å². The van der Waals surface area contributed by atoms with E-state index in [2.05, 4.69) is 6.58 Å². The predicted octanol–water partition coefficient (Wildman–Crippen LogP) is 6.13. The number of hydrogen-bond acceptors (Lipinski definition) is 5. The predicted molar refractivity (Wildman–Crippen MR) is 145 cm³/mol. The SMILES string of the molecule is C=CCN(CCC)C(Cc1c(C)c(OCc2ccccc2)c(C(=O)Oc2ccccc2)c(C)c1F)C(=O)O. The second-order valence-corrected chi connectivity index (χ2v) is 9.07. The number of carbonyl (C=O) groups is 2. The van der Waals surface area contributed by atoms with Gasteiger partial charge in [0.05, 0.1) is 0 Å². The van der Waals surface area contributed by atoms with Crippen molar-refractivity contribution in [3.63, 3.8) is 0 Å². The van der Waals surface area contributed by atoms with Crippen LogP contribution in [0.3, 0.4) is 0 Å². The van der Waals surface area contributed by atoms with Gasteiger partial charge in [-0.2, -0.15) is 0 Å². The zero-order chi connectivity index (χ0) is 27.7. The van der Waals surface area contributed by atoms with Crippen molar-refractivity contribution in [3.8, 4) is 11.5 Å². The van der Waals surface area contributed by atoms with Crippen molar-refractivity contribution in [2.45, 2.75) is 46.3 Å². The molecular formula is C31H34FNO5. The van der Waals surface area contributed by atoms with Crippen molar-refractivity contribution in [1.29, 1.82) is 0 Å². The fraction of sp³-hybridized carbons (Fsp3) is 0.290. The van der Waals surface area contributed by atoms with E-state index in [-0.39, 0.29) is 35.5 Å². The molecule has 7 heteroatoms. The highest BCUT2D eigenvalue weighted by molar-refractivity contribution is 5.96. The van der Waals surface area contributed by atoms with Crippen LogP contribution in [0.25, 0.3) is 0 Å². The summed E-state index contributed by atoms with van der Waals surface area (Å²) >= 11 is 0. The quantitative estimate of drug-likeness (QED) is 0.166. The third-order valence-electron chi connectivity index (χ3n) is 6.37. The van der Waals surface area contributed by atoms with Gasteiger partial charge in [-0.15, -0.1) is 6.58 Å². The minimum atomic E-state index is -1.06. The van der Waals surface area contributed by atoms with Gasteiger partial charge in [0.25, 0.3) is 0 Å². The molecule has 0 aromatic heterocycles. The number of hydrogen-bond donors (Lipinski definition) is 1. The number of rotatable bonds is 13. The van der Waals surface area contributed by atoms with Crippen LogP contribution in [0.2, 0.25) is 0 Å². The van der Waals surface area contributed by atoms with E-state index in [1.165, 1.54) is 6.92 Å². The second-order valence-electron chi connectivity index (χ2n) is 9.07. The molecule has 200 valence electrons. The van der Waals surface area contributed by atoms with Gasteiger partial charge in [-0.3, -0.25) is 9.69 Å². The molecule has 1 atom stereocenters. The Morgan fingerprint density at radius 2 is 1.68 bits per heavy atom. The van der Waals surface area contributed by atoms with Gasteiger partial charge in [0, 0.05) is 18.5 Å². The zero-order valence-electron chi connectivity index (χ0n) is 22.1. The molecule has 0 bridgehead atoms. The van der Waals surface area contributed by atoms with Crippen LogP contribution in [0.5, 0.6) is 11.5 Å². The molecule has 0 fully saturated rings. The third kappa shape index (κ3) is 6.86. The molecule has 0 aliphatic rings. The van der Waals surface area contributed by atoms with Crippen LogP contribution in [-0.4, -0.2) is 41.1 Å². The van der Waals surface area contributed by atoms with E-state index in [1.807, 2.05) is 37.3 Å². The van der Waals surface area contributed by atoms with Gasteiger partial charge < -0.3 is 14.6 Å². The number of ether oxygens (including phenoxy) is 2. The average Bonchev–Trinajstić information content (AvgIpc) is 2.91. The van der Waals surface area contributed by atoms with E-state index in [9.17, 15) is 14.7 Å². The first-order valence-corrected chi connectivity index (χ1v) is 12.6. The van der Waals surface area contributed by atoms with E-state index < -0.39 is 23.8 Å². The summed E-state index contributed by atoms with van der Waals surface area (Å²) in [5.41, 5.74) is 1.45. The maximum Gasteiger partial charge on any atom is 0.347 e. The Morgan fingerprint density at radius 3 is 2.26 bits per heavy atom. The fourth-order valence-electron chi connectivity index (χ4n) is 4.43. The van der Waals surface area contributed by atoms with Gasteiger partial charge >= 0.3 is 11.9 Å². The van der Waals surface area contributed by atoms with Crippen molar-refractivity contribution in [1.82, 2.24) is 4.90 Å². The molecule has 0 aliphatic carbocycles. The van der Waals surface area contributed by atoms with Crippen molar-refractivity contribution in [3.05, 3.63) is 107 Å². The Morgan fingerprint density at radius 1 is 1.05 bits per heavy atom. The van der Waals surface area contributed by atoms with E-state index in [0.29, 0.717) is 24.4 Å². The number of carboxylic acid groups (broad SMARTS) is 1. The minimum Gasteiger partial charge on any atom is -0.488 e. The third-order valence-corrected chi connectivity index (χ3v) is 6.37. The van der Waals surface area contributed by atoms with E-state index in [1.54, 1.807) is 48.2 Å². The van der Waals surface area contributed by atoms with Crippen molar-refractivity contribution >= 4 is 11.9 Å².